The molecule has 0 saturated heterocycles. The monoisotopic (exact) mass is 303 g/mol. The standard InChI is InChI=1S/C16H21N3OS/c1-2-5-15-18-8-10-19(15)9-4-11-20-14-7-3-6-13(12-14)16(17)21/h3,6-8,10,12H,2,4-5,9,11H2,1H3,(H2,17,21). The smallest absolute Gasteiger partial charge is 0.119 e. The molecule has 1 heterocycles. The molecular weight excluding hydrogens is 282 g/mol. The molecule has 1 aromatic heterocycles. The van der Waals surface area contributed by atoms with E-state index in [2.05, 4.69) is 16.5 Å². The van der Waals surface area contributed by atoms with E-state index in [1.165, 1.54) is 0 Å². The lowest BCUT2D eigenvalue weighted by Crippen LogP contribution is -2.10. The van der Waals surface area contributed by atoms with Crippen molar-refractivity contribution in [2.24, 2.45) is 5.73 Å². The third-order valence-corrected chi connectivity index (χ3v) is 3.44. The molecule has 2 N–H and O–H groups in total. The normalized spacial score (nSPS) is 10.5. The molecule has 4 nitrogen and oxygen atoms in total. The molecule has 2 rings (SSSR count). The second kappa shape index (κ2) is 7.78. The fourth-order valence-electron chi connectivity index (χ4n) is 2.16. The summed E-state index contributed by atoms with van der Waals surface area (Å²) in [6, 6.07) is 7.58. The Labute approximate surface area is 130 Å². The first kappa shape index (κ1) is 15.5. The highest BCUT2D eigenvalue weighted by Crippen LogP contribution is 2.13. The molecule has 0 aliphatic heterocycles. The zero-order valence-electron chi connectivity index (χ0n) is 12.3. The topological polar surface area (TPSA) is 53.1 Å². The van der Waals surface area contributed by atoms with Gasteiger partial charge in [-0.2, -0.15) is 0 Å². The highest BCUT2D eigenvalue weighted by atomic mass is 32.1. The van der Waals surface area contributed by atoms with Crippen LogP contribution in [0.5, 0.6) is 5.75 Å². The molecule has 5 heteroatoms. The second-order valence-electron chi connectivity index (χ2n) is 4.88. The van der Waals surface area contributed by atoms with Gasteiger partial charge in [0.05, 0.1) is 6.61 Å². The molecular formula is C16H21N3OS. The Morgan fingerprint density at radius 2 is 2.29 bits per heavy atom. The van der Waals surface area contributed by atoms with E-state index in [1.54, 1.807) is 0 Å². The van der Waals surface area contributed by atoms with Gasteiger partial charge in [0, 0.05) is 30.9 Å². The second-order valence-corrected chi connectivity index (χ2v) is 5.32. The summed E-state index contributed by atoms with van der Waals surface area (Å²) in [5, 5.41) is 0. The van der Waals surface area contributed by atoms with Gasteiger partial charge in [0.2, 0.25) is 0 Å². The number of ether oxygens (including phenoxy) is 1. The van der Waals surface area contributed by atoms with Gasteiger partial charge in [0.25, 0.3) is 0 Å². The number of aromatic nitrogens is 2. The Kier molecular flexibility index (Phi) is 5.75. The zero-order valence-corrected chi connectivity index (χ0v) is 13.1. The molecule has 0 spiro atoms. The van der Waals surface area contributed by atoms with Crippen molar-refractivity contribution in [3.05, 3.63) is 48.0 Å². The summed E-state index contributed by atoms with van der Waals surface area (Å²) in [7, 11) is 0. The minimum absolute atomic E-state index is 0.392. The van der Waals surface area contributed by atoms with Gasteiger partial charge < -0.3 is 15.0 Å². The summed E-state index contributed by atoms with van der Waals surface area (Å²) in [4.78, 5) is 4.76. The van der Waals surface area contributed by atoms with Crippen molar-refractivity contribution in [2.75, 3.05) is 6.61 Å². The maximum atomic E-state index is 5.75. The Bertz CT molecular complexity index is 595. The fraction of sp³-hybridized carbons (Fsp3) is 0.375. The lowest BCUT2D eigenvalue weighted by molar-refractivity contribution is 0.301. The zero-order chi connectivity index (χ0) is 15.1. The number of hydrogen-bond donors (Lipinski definition) is 1. The van der Waals surface area contributed by atoms with E-state index < -0.39 is 0 Å². The van der Waals surface area contributed by atoms with Gasteiger partial charge in [0.1, 0.15) is 16.6 Å². The summed E-state index contributed by atoms with van der Waals surface area (Å²) < 4.78 is 7.94. The van der Waals surface area contributed by atoms with Crippen LogP contribution in [0.2, 0.25) is 0 Å². The maximum Gasteiger partial charge on any atom is 0.119 e. The minimum Gasteiger partial charge on any atom is -0.494 e. The number of imidazole rings is 1. The van der Waals surface area contributed by atoms with E-state index in [4.69, 9.17) is 22.7 Å². The van der Waals surface area contributed by atoms with Gasteiger partial charge in [-0.05, 0) is 25.0 Å². The summed E-state index contributed by atoms with van der Waals surface area (Å²) in [6.07, 6.45) is 6.95. The lowest BCUT2D eigenvalue weighted by atomic mass is 10.2. The van der Waals surface area contributed by atoms with Crippen LogP contribution in [0, 0.1) is 0 Å². The van der Waals surface area contributed by atoms with E-state index in [1.807, 2.05) is 36.7 Å². The highest BCUT2D eigenvalue weighted by Gasteiger charge is 2.02. The van der Waals surface area contributed by atoms with Crippen LogP contribution in [0.1, 0.15) is 31.2 Å². The first-order chi connectivity index (χ1) is 10.2. The SMILES string of the molecule is CCCc1nccn1CCCOc1cccc(C(N)=S)c1. The van der Waals surface area contributed by atoms with Crippen LogP contribution in [-0.2, 0) is 13.0 Å². The lowest BCUT2D eigenvalue weighted by Gasteiger charge is -2.09. The molecule has 0 fully saturated rings. The number of benzene rings is 1. The van der Waals surface area contributed by atoms with Crippen molar-refractivity contribution < 1.29 is 4.74 Å². The van der Waals surface area contributed by atoms with E-state index >= 15 is 0 Å². The van der Waals surface area contributed by atoms with Crippen molar-refractivity contribution in [3.63, 3.8) is 0 Å². The number of nitrogens with zero attached hydrogens (tertiary/aromatic N) is 2. The predicted molar refractivity (Wildman–Crippen MR) is 88.7 cm³/mol. The van der Waals surface area contributed by atoms with Crippen LogP contribution in [0.25, 0.3) is 0 Å². The number of thiocarbonyl (C=S) groups is 1. The van der Waals surface area contributed by atoms with Gasteiger partial charge in [-0.25, -0.2) is 4.98 Å². The molecule has 0 aliphatic carbocycles. The number of rotatable bonds is 8. The van der Waals surface area contributed by atoms with Gasteiger partial charge in [-0.15, -0.1) is 0 Å². The molecule has 0 atom stereocenters. The molecule has 112 valence electrons. The van der Waals surface area contributed by atoms with Crippen molar-refractivity contribution in [1.82, 2.24) is 9.55 Å². The third-order valence-electron chi connectivity index (χ3n) is 3.21. The molecule has 0 unspecified atom stereocenters. The first-order valence-electron chi connectivity index (χ1n) is 7.23. The molecule has 0 radical (unpaired) electrons. The van der Waals surface area contributed by atoms with Gasteiger partial charge in [0.15, 0.2) is 0 Å². The highest BCUT2D eigenvalue weighted by molar-refractivity contribution is 7.80. The molecule has 0 saturated carbocycles. The summed E-state index contributed by atoms with van der Waals surface area (Å²) in [5.41, 5.74) is 6.45. The number of hydrogen-bond acceptors (Lipinski definition) is 3. The average molecular weight is 303 g/mol. The summed E-state index contributed by atoms with van der Waals surface area (Å²) in [5.74, 6) is 1.95. The van der Waals surface area contributed by atoms with Gasteiger partial charge in [-0.3, -0.25) is 0 Å². The van der Waals surface area contributed by atoms with E-state index in [9.17, 15) is 0 Å². The third kappa shape index (κ3) is 4.56. The largest absolute Gasteiger partial charge is 0.494 e. The van der Waals surface area contributed by atoms with E-state index in [0.29, 0.717) is 11.6 Å². The van der Waals surface area contributed by atoms with Crippen LogP contribution in [0.4, 0.5) is 0 Å². The fourth-order valence-corrected chi connectivity index (χ4v) is 2.29. The molecule has 0 aliphatic rings. The van der Waals surface area contributed by atoms with Crippen molar-refractivity contribution in [2.45, 2.75) is 32.7 Å². The quantitative estimate of drug-likeness (QED) is 0.602. The van der Waals surface area contributed by atoms with Crippen LogP contribution in [-0.4, -0.2) is 21.1 Å². The van der Waals surface area contributed by atoms with Gasteiger partial charge in [-0.1, -0.05) is 31.3 Å². The number of nitrogens with two attached hydrogens (primary N) is 1. The minimum atomic E-state index is 0.392. The average Bonchev–Trinajstić information content (AvgIpc) is 2.92. The van der Waals surface area contributed by atoms with E-state index in [0.717, 1.165) is 42.9 Å². The van der Waals surface area contributed by atoms with E-state index in [-0.39, 0.29) is 0 Å². The van der Waals surface area contributed by atoms with Crippen LogP contribution in [0.15, 0.2) is 36.7 Å². The molecule has 21 heavy (non-hydrogen) atoms. The van der Waals surface area contributed by atoms with Crippen LogP contribution >= 0.6 is 12.2 Å². The Morgan fingerprint density at radius 3 is 3.05 bits per heavy atom. The maximum absolute atomic E-state index is 5.75. The Balaban J connectivity index is 1.80. The van der Waals surface area contributed by atoms with Crippen molar-refractivity contribution >= 4 is 17.2 Å². The van der Waals surface area contributed by atoms with Crippen molar-refractivity contribution in [3.8, 4) is 5.75 Å². The molecule has 1 aromatic carbocycles. The summed E-state index contributed by atoms with van der Waals surface area (Å²) in [6.45, 7) is 3.74. The van der Waals surface area contributed by atoms with Crippen LogP contribution in [0.3, 0.4) is 0 Å². The predicted octanol–water partition coefficient (Wildman–Crippen LogP) is 2.94. The first-order valence-corrected chi connectivity index (χ1v) is 7.64. The molecule has 2 aromatic rings. The Morgan fingerprint density at radius 1 is 1.43 bits per heavy atom. The van der Waals surface area contributed by atoms with Crippen LogP contribution < -0.4 is 10.5 Å². The van der Waals surface area contributed by atoms with Gasteiger partial charge >= 0.3 is 0 Å². The Hall–Kier alpha value is -1.88. The number of aryl methyl sites for hydroxylation is 2. The van der Waals surface area contributed by atoms with Crippen molar-refractivity contribution in [1.29, 1.82) is 0 Å². The summed E-state index contributed by atoms with van der Waals surface area (Å²) >= 11 is 4.96. The molecule has 0 amide bonds. The molecule has 0 bridgehead atoms.